The van der Waals surface area contributed by atoms with Crippen molar-refractivity contribution in [2.24, 2.45) is 0 Å². The van der Waals surface area contributed by atoms with Gasteiger partial charge >= 0.3 is 0 Å². The fourth-order valence-corrected chi connectivity index (χ4v) is 2.33. The topological polar surface area (TPSA) is 67.4 Å². The van der Waals surface area contributed by atoms with E-state index in [-0.39, 0.29) is 18.0 Å². The summed E-state index contributed by atoms with van der Waals surface area (Å²) < 4.78 is 1.59. The second kappa shape index (κ2) is 5.21. The molecule has 1 aliphatic heterocycles. The number of hydrogen-bond donors (Lipinski definition) is 1. The van der Waals surface area contributed by atoms with Crippen molar-refractivity contribution in [3.05, 3.63) is 12.4 Å². The molecule has 2 N–H and O–H groups in total. The lowest BCUT2D eigenvalue weighted by molar-refractivity contribution is -0.134. The maximum atomic E-state index is 12.1. The van der Waals surface area contributed by atoms with Gasteiger partial charge in [0.2, 0.25) is 5.91 Å². The minimum Gasteiger partial charge on any atom is -0.396 e. The third kappa shape index (κ3) is 3.47. The number of carbonyl (C=O) groups excluding carboxylic acids is 1. The van der Waals surface area contributed by atoms with Gasteiger partial charge in [0.1, 0.15) is 6.54 Å². The molecule has 1 aromatic heterocycles. The lowest BCUT2D eigenvalue weighted by Crippen LogP contribution is -2.55. The van der Waals surface area contributed by atoms with Crippen molar-refractivity contribution in [1.29, 1.82) is 0 Å². The Morgan fingerprint density at radius 2 is 1.95 bits per heavy atom. The smallest absolute Gasteiger partial charge is 0.244 e. The Hall–Kier alpha value is -1.56. The molecule has 0 atom stereocenters. The van der Waals surface area contributed by atoms with Crippen LogP contribution in [0.5, 0.6) is 0 Å². The van der Waals surface area contributed by atoms with E-state index in [0.29, 0.717) is 5.69 Å². The van der Waals surface area contributed by atoms with Crippen molar-refractivity contribution in [1.82, 2.24) is 19.6 Å². The monoisotopic (exact) mass is 265 g/mol. The summed E-state index contributed by atoms with van der Waals surface area (Å²) >= 11 is 0. The molecule has 0 bridgehead atoms. The Labute approximate surface area is 114 Å². The fourth-order valence-electron chi connectivity index (χ4n) is 2.33. The Kier molecular flexibility index (Phi) is 3.80. The molecule has 2 heterocycles. The normalized spacial score (nSPS) is 17.7. The standard InChI is InChI=1S/C13H23N5O/c1-13(2,3)17-6-4-16(5-7-17)12(19)10-18-9-11(14)8-15-18/h8-9H,4-7,10,14H2,1-3H3. The van der Waals surface area contributed by atoms with Crippen LogP contribution in [0.3, 0.4) is 0 Å². The first-order valence-electron chi connectivity index (χ1n) is 6.67. The van der Waals surface area contributed by atoms with Crippen LogP contribution in [-0.2, 0) is 11.3 Å². The first kappa shape index (κ1) is 13.9. The van der Waals surface area contributed by atoms with E-state index in [0.717, 1.165) is 26.2 Å². The van der Waals surface area contributed by atoms with Crippen LogP contribution < -0.4 is 5.73 Å². The van der Waals surface area contributed by atoms with Crippen LogP contribution in [0.4, 0.5) is 5.69 Å². The van der Waals surface area contributed by atoms with Gasteiger partial charge in [0.05, 0.1) is 11.9 Å². The lowest BCUT2D eigenvalue weighted by atomic mass is 10.1. The molecule has 0 unspecified atom stereocenters. The zero-order valence-corrected chi connectivity index (χ0v) is 12.0. The van der Waals surface area contributed by atoms with Crippen molar-refractivity contribution >= 4 is 11.6 Å². The Morgan fingerprint density at radius 1 is 1.32 bits per heavy atom. The predicted molar refractivity (Wildman–Crippen MR) is 74.5 cm³/mol. The number of nitrogen functional groups attached to an aromatic ring is 1. The maximum absolute atomic E-state index is 12.1. The van der Waals surface area contributed by atoms with Gasteiger partial charge in [-0.05, 0) is 20.8 Å². The Morgan fingerprint density at radius 3 is 2.42 bits per heavy atom. The number of anilines is 1. The van der Waals surface area contributed by atoms with E-state index in [9.17, 15) is 4.79 Å². The molecule has 1 aliphatic rings. The number of piperazine rings is 1. The van der Waals surface area contributed by atoms with Crippen LogP contribution in [0.1, 0.15) is 20.8 Å². The molecule has 1 amide bonds. The second-order valence-electron chi connectivity index (χ2n) is 6.01. The summed E-state index contributed by atoms with van der Waals surface area (Å²) in [4.78, 5) is 16.4. The number of nitrogens with zero attached hydrogens (tertiary/aromatic N) is 4. The van der Waals surface area contributed by atoms with Gasteiger partial charge in [-0.3, -0.25) is 14.4 Å². The zero-order chi connectivity index (χ0) is 14.0. The highest BCUT2D eigenvalue weighted by Gasteiger charge is 2.27. The molecule has 6 nitrogen and oxygen atoms in total. The largest absolute Gasteiger partial charge is 0.396 e. The van der Waals surface area contributed by atoms with Gasteiger partial charge in [0.25, 0.3) is 0 Å². The van der Waals surface area contributed by atoms with Crippen molar-refractivity contribution in [2.45, 2.75) is 32.9 Å². The number of aromatic nitrogens is 2. The average molecular weight is 265 g/mol. The fraction of sp³-hybridized carbons (Fsp3) is 0.692. The van der Waals surface area contributed by atoms with Gasteiger partial charge in [-0.2, -0.15) is 5.10 Å². The Balaban J connectivity index is 1.86. The molecule has 0 saturated carbocycles. The molecule has 0 aliphatic carbocycles. The maximum Gasteiger partial charge on any atom is 0.244 e. The van der Waals surface area contributed by atoms with Crippen LogP contribution in [-0.4, -0.2) is 57.2 Å². The van der Waals surface area contributed by atoms with Gasteiger partial charge in [-0.25, -0.2) is 0 Å². The highest BCUT2D eigenvalue weighted by Crippen LogP contribution is 2.16. The average Bonchev–Trinajstić information content (AvgIpc) is 2.74. The van der Waals surface area contributed by atoms with Crippen LogP contribution in [0.25, 0.3) is 0 Å². The molecule has 6 heteroatoms. The first-order chi connectivity index (χ1) is 8.86. The number of rotatable bonds is 2. The molecule has 2 rings (SSSR count). The summed E-state index contributed by atoms with van der Waals surface area (Å²) in [5.74, 6) is 0.108. The number of nitrogens with two attached hydrogens (primary N) is 1. The number of hydrogen-bond acceptors (Lipinski definition) is 4. The van der Waals surface area contributed by atoms with Crippen molar-refractivity contribution in [2.75, 3.05) is 31.9 Å². The molecule has 19 heavy (non-hydrogen) atoms. The van der Waals surface area contributed by atoms with Gasteiger partial charge < -0.3 is 10.6 Å². The van der Waals surface area contributed by atoms with E-state index < -0.39 is 0 Å². The van der Waals surface area contributed by atoms with E-state index in [4.69, 9.17) is 5.73 Å². The quantitative estimate of drug-likeness (QED) is 0.841. The second-order valence-corrected chi connectivity index (χ2v) is 6.01. The van der Waals surface area contributed by atoms with Gasteiger partial charge in [0.15, 0.2) is 0 Å². The summed E-state index contributed by atoms with van der Waals surface area (Å²) in [7, 11) is 0. The van der Waals surface area contributed by atoms with Crippen molar-refractivity contribution in [3.63, 3.8) is 0 Å². The van der Waals surface area contributed by atoms with Crippen LogP contribution in [0, 0.1) is 0 Å². The first-order valence-corrected chi connectivity index (χ1v) is 6.67. The van der Waals surface area contributed by atoms with E-state index in [1.165, 1.54) is 0 Å². The van der Waals surface area contributed by atoms with Crippen molar-refractivity contribution in [3.8, 4) is 0 Å². The predicted octanol–water partition coefficient (Wildman–Crippen LogP) is 0.408. The third-order valence-corrected chi connectivity index (χ3v) is 3.53. The summed E-state index contributed by atoms with van der Waals surface area (Å²) in [6.45, 7) is 10.3. The van der Waals surface area contributed by atoms with Gasteiger partial charge in [0, 0.05) is 37.9 Å². The molecule has 106 valence electrons. The van der Waals surface area contributed by atoms with Crippen LogP contribution >= 0.6 is 0 Å². The molecular formula is C13H23N5O. The molecule has 1 fully saturated rings. The van der Waals surface area contributed by atoms with Gasteiger partial charge in [-0.15, -0.1) is 0 Å². The van der Waals surface area contributed by atoms with Crippen LogP contribution in [0.2, 0.25) is 0 Å². The molecule has 1 aromatic rings. The minimum atomic E-state index is 0.108. The van der Waals surface area contributed by atoms with Gasteiger partial charge in [-0.1, -0.05) is 0 Å². The SMILES string of the molecule is CC(C)(C)N1CCN(C(=O)Cn2cc(N)cn2)CC1. The summed E-state index contributed by atoms with van der Waals surface area (Å²) in [6.07, 6.45) is 3.24. The molecule has 0 spiro atoms. The molecule has 1 saturated heterocycles. The number of carbonyl (C=O) groups is 1. The van der Waals surface area contributed by atoms with Crippen molar-refractivity contribution < 1.29 is 4.79 Å². The Bertz CT molecular complexity index is 440. The summed E-state index contributed by atoms with van der Waals surface area (Å²) in [5.41, 5.74) is 6.34. The summed E-state index contributed by atoms with van der Waals surface area (Å²) in [5, 5.41) is 4.04. The zero-order valence-electron chi connectivity index (χ0n) is 12.0. The van der Waals surface area contributed by atoms with E-state index in [1.54, 1.807) is 17.1 Å². The minimum absolute atomic E-state index is 0.108. The number of amides is 1. The highest BCUT2D eigenvalue weighted by atomic mass is 16.2. The lowest BCUT2D eigenvalue weighted by Gasteiger charge is -2.42. The molecular weight excluding hydrogens is 242 g/mol. The summed E-state index contributed by atoms with van der Waals surface area (Å²) in [6, 6.07) is 0. The third-order valence-electron chi connectivity index (χ3n) is 3.53. The molecule has 0 aromatic carbocycles. The van der Waals surface area contributed by atoms with E-state index >= 15 is 0 Å². The van der Waals surface area contributed by atoms with E-state index in [1.807, 2.05) is 4.90 Å². The molecule has 0 radical (unpaired) electrons. The van der Waals surface area contributed by atoms with Crippen LogP contribution in [0.15, 0.2) is 12.4 Å². The highest BCUT2D eigenvalue weighted by molar-refractivity contribution is 5.76. The van der Waals surface area contributed by atoms with E-state index in [2.05, 4.69) is 30.8 Å².